The minimum absolute atomic E-state index is 0.0347. The summed E-state index contributed by atoms with van der Waals surface area (Å²) in [5.41, 5.74) is 3.04. The quantitative estimate of drug-likeness (QED) is 0.884. The Kier molecular flexibility index (Phi) is 5.38. The lowest BCUT2D eigenvalue weighted by molar-refractivity contribution is 0.0954. The number of aryl methyl sites for hydroxylation is 1. The van der Waals surface area contributed by atoms with Gasteiger partial charge < -0.3 is 10.1 Å². The Labute approximate surface area is 126 Å². The van der Waals surface area contributed by atoms with Crippen LogP contribution < -0.4 is 10.1 Å². The molecule has 0 aromatic heterocycles. The van der Waals surface area contributed by atoms with E-state index in [0.29, 0.717) is 12.1 Å². The van der Waals surface area contributed by atoms with Gasteiger partial charge in [-0.25, -0.2) is 0 Å². The van der Waals surface area contributed by atoms with Gasteiger partial charge in [-0.3, -0.25) is 4.79 Å². The standard InChI is InChI=1S/C18H21NO2/c1-3-14-8-10-16(11-9-14)18(20)19-13-12-15-6-4-5-7-17(15)21-2/h4-11H,3,12-13H2,1-2H3,(H,19,20). The highest BCUT2D eigenvalue weighted by molar-refractivity contribution is 5.94. The van der Waals surface area contributed by atoms with Crippen molar-refractivity contribution in [2.75, 3.05) is 13.7 Å². The lowest BCUT2D eigenvalue weighted by atomic mass is 10.1. The second-order valence-corrected chi connectivity index (χ2v) is 4.87. The van der Waals surface area contributed by atoms with Crippen LogP contribution in [0, 0.1) is 0 Å². The maximum Gasteiger partial charge on any atom is 0.251 e. The van der Waals surface area contributed by atoms with Crippen LogP contribution in [-0.4, -0.2) is 19.6 Å². The fourth-order valence-corrected chi connectivity index (χ4v) is 2.21. The third kappa shape index (κ3) is 4.09. The van der Waals surface area contributed by atoms with Crippen molar-refractivity contribution in [2.45, 2.75) is 19.8 Å². The normalized spacial score (nSPS) is 10.2. The number of hydrogen-bond donors (Lipinski definition) is 1. The molecule has 2 rings (SSSR count). The molecule has 0 aliphatic rings. The Bertz CT molecular complexity index is 590. The molecule has 21 heavy (non-hydrogen) atoms. The first-order valence-electron chi connectivity index (χ1n) is 7.23. The molecule has 3 nitrogen and oxygen atoms in total. The number of carbonyl (C=O) groups is 1. The number of rotatable bonds is 6. The van der Waals surface area contributed by atoms with Crippen LogP contribution in [0.25, 0.3) is 0 Å². The van der Waals surface area contributed by atoms with Gasteiger partial charge in [-0.15, -0.1) is 0 Å². The van der Waals surface area contributed by atoms with Gasteiger partial charge in [0.2, 0.25) is 0 Å². The largest absolute Gasteiger partial charge is 0.496 e. The summed E-state index contributed by atoms with van der Waals surface area (Å²) in [5.74, 6) is 0.826. The Balaban J connectivity index is 1.89. The molecule has 0 fully saturated rings. The molecule has 3 heteroatoms. The van der Waals surface area contributed by atoms with Crippen LogP contribution in [0.4, 0.5) is 0 Å². The number of nitrogens with one attached hydrogen (secondary N) is 1. The van der Waals surface area contributed by atoms with Gasteiger partial charge in [0.15, 0.2) is 0 Å². The first kappa shape index (κ1) is 15.1. The highest BCUT2D eigenvalue weighted by Gasteiger charge is 2.06. The van der Waals surface area contributed by atoms with Gasteiger partial charge in [-0.1, -0.05) is 37.3 Å². The van der Waals surface area contributed by atoms with E-state index in [1.54, 1.807) is 7.11 Å². The van der Waals surface area contributed by atoms with E-state index in [-0.39, 0.29) is 5.91 Å². The molecule has 0 bridgehead atoms. The van der Waals surface area contributed by atoms with E-state index in [2.05, 4.69) is 12.2 Å². The van der Waals surface area contributed by atoms with Crippen LogP contribution in [-0.2, 0) is 12.8 Å². The predicted octanol–water partition coefficient (Wildman–Crippen LogP) is 3.23. The molecule has 0 heterocycles. The molecule has 1 amide bonds. The summed E-state index contributed by atoms with van der Waals surface area (Å²) in [6.45, 7) is 2.69. The average molecular weight is 283 g/mol. The summed E-state index contributed by atoms with van der Waals surface area (Å²) in [4.78, 5) is 12.0. The number of carbonyl (C=O) groups excluding carboxylic acids is 1. The second kappa shape index (κ2) is 7.48. The molecule has 0 unspecified atom stereocenters. The van der Waals surface area contributed by atoms with E-state index in [1.807, 2.05) is 48.5 Å². The Hall–Kier alpha value is -2.29. The van der Waals surface area contributed by atoms with Crippen LogP contribution in [0.2, 0.25) is 0 Å². The molecule has 1 N–H and O–H groups in total. The molecule has 0 saturated heterocycles. The Morgan fingerprint density at radius 2 is 1.81 bits per heavy atom. The van der Waals surface area contributed by atoms with E-state index >= 15 is 0 Å². The van der Waals surface area contributed by atoms with Crippen LogP contribution in [0.3, 0.4) is 0 Å². The summed E-state index contributed by atoms with van der Waals surface area (Å²) in [5, 5.41) is 2.94. The Morgan fingerprint density at radius 1 is 1.10 bits per heavy atom. The van der Waals surface area contributed by atoms with Crippen LogP contribution in [0.15, 0.2) is 48.5 Å². The molecule has 0 aliphatic heterocycles. The van der Waals surface area contributed by atoms with Crippen LogP contribution in [0.1, 0.15) is 28.4 Å². The van der Waals surface area contributed by atoms with Gasteiger partial charge in [0.1, 0.15) is 5.75 Å². The number of amides is 1. The van der Waals surface area contributed by atoms with E-state index in [9.17, 15) is 4.79 Å². The fourth-order valence-electron chi connectivity index (χ4n) is 2.21. The highest BCUT2D eigenvalue weighted by atomic mass is 16.5. The third-order valence-electron chi connectivity index (χ3n) is 3.50. The summed E-state index contributed by atoms with van der Waals surface area (Å²) in [6.07, 6.45) is 1.73. The lowest BCUT2D eigenvalue weighted by Crippen LogP contribution is -2.25. The zero-order valence-electron chi connectivity index (χ0n) is 12.6. The molecular formula is C18H21NO2. The predicted molar refractivity (Wildman–Crippen MR) is 84.9 cm³/mol. The monoisotopic (exact) mass is 283 g/mol. The first-order chi connectivity index (χ1) is 10.2. The molecule has 2 aromatic carbocycles. The lowest BCUT2D eigenvalue weighted by Gasteiger charge is -2.09. The molecule has 0 spiro atoms. The minimum Gasteiger partial charge on any atom is -0.496 e. The zero-order valence-corrected chi connectivity index (χ0v) is 12.6. The van der Waals surface area contributed by atoms with Crippen LogP contribution in [0.5, 0.6) is 5.75 Å². The van der Waals surface area contributed by atoms with E-state index < -0.39 is 0 Å². The van der Waals surface area contributed by atoms with Crippen molar-refractivity contribution in [3.05, 3.63) is 65.2 Å². The zero-order chi connectivity index (χ0) is 15.1. The van der Waals surface area contributed by atoms with Crippen molar-refractivity contribution in [2.24, 2.45) is 0 Å². The van der Waals surface area contributed by atoms with Gasteiger partial charge >= 0.3 is 0 Å². The number of ether oxygens (including phenoxy) is 1. The van der Waals surface area contributed by atoms with Crippen molar-refractivity contribution in [1.29, 1.82) is 0 Å². The summed E-state index contributed by atoms with van der Waals surface area (Å²) < 4.78 is 5.30. The van der Waals surface area contributed by atoms with Gasteiger partial charge in [-0.2, -0.15) is 0 Å². The van der Waals surface area contributed by atoms with Crippen molar-refractivity contribution < 1.29 is 9.53 Å². The summed E-state index contributed by atoms with van der Waals surface area (Å²) in [7, 11) is 1.66. The SMILES string of the molecule is CCc1ccc(C(=O)NCCc2ccccc2OC)cc1. The number of hydrogen-bond acceptors (Lipinski definition) is 2. The molecule has 0 saturated carbocycles. The average Bonchev–Trinajstić information content (AvgIpc) is 2.55. The second-order valence-electron chi connectivity index (χ2n) is 4.87. The van der Waals surface area contributed by atoms with Crippen molar-refractivity contribution in [1.82, 2.24) is 5.32 Å². The number of benzene rings is 2. The highest BCUT2D eigenvalue weighted by Crippen LogP contribution is 2.17. The van der Waals surface area contributed by atoms with Gasteiger partial charge in [0, 0.05) is 12.1 Å². The molecule has 0 aliphatic carbocycles. The molecular weight excluding hydrogens is 262 g/mol. The van der Waals surface area contributed by atoms with E-state index in [1.165, 1.54) is 5.56 Å². The maximum absolute atomic E-state index is 12.0. The molecule has 0 atom stereocenters. The third-order valence-corrected chi connectivity index (χ3v) is 3.50. The summed E-state index contributed by atoms with van der Waals surface area (Å²) >= 11 is 0. The van der Waals surface area contributed by atoms with Gasteiger partial charge in [-0.05, 0) is 42.2 Å². The van der Waals surface area contributed by atoms with E-state index in [0.717, 1.165) is 24.2 Å². The molecule has 2 aromatic rings. The minimum atomic E-state index is -0.0347. The van der Waals surface area contributed by atoms with Gasteiger partial charge in [0.25, 0.3) is 5.91 Å². The molecule has 0 radical (unpaired) electrons. The smallest absolute Gasteiger partial charge is 0.251 e. The summed E-state index contributed by atoms with van der Waals surface area (Å²) in [6, 6.07) is 15.6. The van der Waals surface area contributed by atoms with Crippen LogP contribution >= 0.6 is 0 Å². The van der Waals surface area contributed by atoms with Crippen molar-refractivity contribution in [3.63, 3.8) is 0 Å². The van der Waals surface area contributed by atoms with Crippen molar-refractivity contribution in [3.8, 4) is 5.75 Å². The fraction of sp³-hybridized carbons (Fsp3) is 0.278. The first-order valence-corrected chi connectivity index (χ1v) is 7.23. The van der Waals surface area contributed by atoms with Gasteiger partial charge in [0.05, 0.1) is 7.11 Å². The van der Waals surface area contributed by atoms with E-state index in [4.69, 9.17) is 4.74 Å². The molecule has 110 valence electrons. The Morgan fingerprint density at radius 3 is 2.48 bits per heavy atom. The number of para-hydroxylation sites is 1. The number of methoxy groups -OCH3 is 1. The topological polar surface area (TPSA) is 38.3 Å². The van der Waals surface area contributed by atoms with Crippen molar-refractivity contribution >= 4 is 5.91 Å². The maximum atomic E-state index is 12.0.